The first-order valence-electron chi connectivity index (χ1n) is 5.42. The molecule has 0 aromatic heterocycles. The fraction of sp³-hybridized carbons (Fsp3) is 0.818. The smallest absolute Gasteiger partial charge is 0.240 e. The number of nitriles is 1. The van der Waals surface area contributed by atoms with Gasteiger partial charge in [-0.2, -0.15) is 5.26 Å². The zero-order valence-electron chi connectivity index (χ0n) is 9.73. The first-order valence-corrected chi connectivity index (χ1v) is 5.42. The van der Waals surface area contributed by atoms with Gasteiger partial charge in [-0.1, -0.05) is 13.8 Å². The summed E-state index contributed by atoms with van der Waals surface area (Å²) in [5.41, 5.74) is 0. The molecule has 1 heterocycles. The molecule has 1 unspecified atom stereocenters. The molecule has 1 rings (SSSR count). The van der Waals surface area contributed by atoms with Crippen LogP contribution in [0.5, 0.6) is 0 Å². The highest BCUT2D eigenvalue weighted by molar-refractivity contribution is 5.82. The summed E-state index contributed by atoms with van der Waals surface area (Å²) in [5, 5.41) is 8.73. The highest BCUT2D eigenvalue weighted by Gasteiger charge is 2.32. The molecule has 1 fully saturated rings. The zero-order valence-corrected chi connectivity index (χ0v) is 9.73. The predicted octanol–water partition coefficient (Wildman–Crippen LogP) is 0.699. The maximum atomic E-state index is 11.8. The normalized spacial score (nSPS) is 23.3. The lowest BCUT2D eigenvalue weighted by Crippen LogP contribution is -2.56. The molecule has 1 amide bonds. The van der Waals surface area contributed by atoms with Crippen LogP contribution in [0.1, 0.15) is 20.3 Å². The van der Waals surface area contributed by atoms with Crippen LogP contribution in [0.2, 0.25) is 0 Å². The van der Waals surface area contributed by atoms with Crippen molar-refractivity contribution < 1.29 is 4.79 Å². The van der Waals surface area contributed by atoms with Crippen LogP contribution in [0.3, 0.4) is 0 Å². The molecule has 0 N–H and O–H groups in total. The minimum absolute atomic E-state index is 0.0865. The van der Waals surface area contributed by atoms with E-state index in [0.717, 1.165) is 19.6 Å². The van der Waals surface area contributed by atoms with Crippen molar-refractivity contribution in [2.45, 2.75) is 26.3 Å². The van der Waals surface area contributed by atoms with E-state index < -0.39 is 0 Å². The number of likely N-dealkylation sites (N-methyl/N-ethyl adjacent to an activating group) is 1. The van der Waals surface area contributed by atoms with Gasteiger partial charge < -0.3 is 4.90 Å². The lowest BCUT2D eigenvalue weighted by atomic mass is 10.1. The van der Waals surface area contributed by atoms with Crippen LogP contribution in [0.4, 0.5) is 0 Å². The van der Waals surface area contributed by atoms with Gasteiger partial charge in [-0.05, 0) is 5.92 Å². The molecule has 1 saturated heterocycles. The molecule has 4 nitrogen and oxygen atoms in total. The van der Waals surface area contributed by atoms with E-state index in [1.165, 1.54) is 0 Å². The Bertz CT molecular complexity index is 269. The highest BCUT2D eigenvalue weighted by Crippen LogP contribution is 2.14. The molecule has 1 aliphatic rings. The van der Waals surface area contributed by atoms with Crippen LogP contribution in [0.25, 0.3) is 0 Å². The summed E-state index contributed by atoms with van der Waals surface area (Å²) in [4.78, 5) is 15.7. The predicted molar refractivity (Wildman–Crippen MR) is 58.1 cm³/mol. The van der Waals surface area contributed by atoms with E-state index in [9.17, 15) is 4.79 Å². The topological polar surface area (TPSA) is 47.3 Å². The molecule has 84 valence electrons. The average Bonchev–Trinajstić information content (AvgIpc) is 2.17. The summed E-state index contributed by atoms with van der Waals surface area (Å²) in [6, 6.07) is 1.88. The molecular weight excluding hydrogens is 190 g/mol. The van der Waals surface area contributed by atoms with Gasteiger partial charge in [0.15, 0.2) is 0 Å². The van der Waals surface area contributed by atoms with E-state index >= 15 is 0 Å². The quantitative estimate of drug-likeness (QED) is 0.687. The number of rotatable bonds is 3. The lowest BCUT2D eigenvalue weighted by molar-refractivity contribution is -0.140. The molecule has 0 aromatic rings. The van der Waals surface area contributed by atoms with Gasteiger partial charge in [0.05, 0.1) is 12.5 Å². The van der Waals surface area contributed by atoms with Gasteiger partial charge in [-0.15, -0.1) is 0 Å². The van der Waals surface area contributed by atoms with Crippen LogP contribution in [0, 0.1) is 17.2 Å². The number of hydrogen-bond acceptors (Lipinski definition) is 3. The molecule has 4 heteroatoms. The van der Waals surface area contributed by atoms with Gasteiger partial charge in [0.25, 0.3) is 0 Å². The van der Waals surface area contributed by atoms with Gasteiger partial charge in [0.2, 0.25) is 5.91 Å². The van der Waals surface area contributed by atoms with E-state index in [-0.39, 0.29) is 11.9 Å². The standard InChI is InChI=1S/C11H19N3O/c1-9(2)8-14-7-6-13(3)11(15)10(14)4-5-12/h9-10H,4,6-8H2,1-3H3. The van der Waals surface area contributed by atoms with Crippen molar-refractivity contribution in [3.8, 4) is 6.07 Å². The number of hydrogen-bond donors (Lipinski definition) is 0. The van der Waals surface area contributed by atoms with Crippen LogP contribution in [-0.4, -0.2) is 48.4 Å². The Kier molecular flexibility index (Phi) is 4.10. The fourth-order valence-corrected chi connectivity index (χ4v) is 1.95. The summed E-state index contributed by atoms with van der Waals surface area (Å²) < 4.78 is 0. The molecule has 1 atom stereocenters. The Morgan fingerprint density at radius 3 is 2.73 bits per heavy atom. The minimum Gasteiger partial charge on any atom is -0.343 e. The molecule has 0 aromatic carbocycles. The van der Waals surface area contributed by atoms with Crippen molar-refractivity contribution in [1.29, 1.82) is 5.26 Å². The van der Waals surface area contributed by atoms with E-state index in [1.54, 1.807) is 11.9 Å². The third-order valence-electron chi connectivity index (χ3n) is 2.71. The van der Waals surface area contributed by atoms with Crippen molar-refractivity contribution in [2.24, 2.45) is 5.92 Å². The number of piperazine rings is 1. The maximum absolute atomic E-state index is 11.8. The van der Waals surface area contributed by atoms with Crippen molar-refractivity contribution in [2.75, 3.05) is 26.7 Å². The number of carbonyl (C=O) groups is 1. The number of carbonyl (C=O) groups excluding carboxylic acids is 1. The van der Waals surface area contributed by atoms with Crippen LogP contribution in [0.15, 0.2) is 0 Å². The molecule has 1 aliphatic heterocycles. The SMILES string of the molecule is CC(C)CN1CCN(C)C(=O)C1CC#N. The molecule has 0 bridgehead atoms. The average molecular weight is 209 g/mol. The fourth-order valence-electron chi connectivity index (χ4n) is 1.95. The summed E-state index contributed by atoms with van der Waals surface area (Å²) in [7, 11) is 1.80. The zero-order chi connectivity index (χ0) is 11.4. The van der Waals surface area contributed by atoms with Crippen molar-refractivity contribution >= 4 is 5.91 Å². The van der Waals surface area contributed by atoms with Gasteiger partial charge in [0.1, 0.15) is 6.04 Å². The third-order valence-corrected chi connectivity index (χ3v) is 2.71. The third kappa shape index (κ3) is 2.93. The molecular formula is C11H19N3O. The van der Waals surface area contributed by atoms with E-state index in [0.29, 0.717) is 12.3 Å². The lowest BCUT2D eigenvalue weighted by Gasteiger charge is -2.38. The molecule has 0 spiro atoms. The largest absolute Gasteiger partial charge is 0.343 e. The second-order valence-corrected chi connectivity index (χ2v) is 4.53. The first-order chi connectivity index (χ1) is 7.06. The summed E-state index contributed by atoms with van der Waals surface area (Å²) in [6.07, 6.45) is 0.301. The summed E-state index contributed by atoms with van der Waals surface area (Å²) in [6.45, 7) is 6.81. The van der Waals surface area contributed by atoms with Gasteiger partial charge >= 0.3 is 0 Å². The van der Waals surface area contributed by atoms with Gasteiger partial charge in [0, 0.05) is 26.7 Å². The number of nitrogens with zero attached hydrogens (tertiary/aromatic N) is 3. The van der Waals surface area contributed by atoms with Crippen LogP contribution < -0.4 is 0 Å². The Balaban J connectivity index is 2.69. The van der Waals surface area contributed by atoms with E-state index in [4.69, 9.17) is 5.26 Å². The Hall–Kier alpha value is -1.08. The summed E-state index contributed by atoms with van der Waals surface area (Å²) in [5.74, 6) is 0.617. The Labute approximate surface area is 91.5 Å². The maximum Gasteiger partial charge on any atom is 0.240 e. The molecule has 15 heavy (non-hydrogen) atoms. The molecule has 0 saturated carbocycles. The first kappa shape index (κ1) is 12.0. The Morgan fingerprint density at radius 2 is 2.20 bits per heavy atom. The monoisotopic (exact) mass is 209 g/mol. The van der Waals surface area contributed by atoms with Gasteiger partial charge in [-0.3, -0.25) is 9.69 Å². The van der Waals surface area contributed by atoms with Crippen molar-refractivity contribution in [1.82, 2.24) is 9.80 Å². The van der Waals surface area contributed by atoms with Gasteiger partial charge in [-0.25, -0.2) is 0 Å². The van der Waals surface area contributed by atoms with Crippen LogP contribution >= 0.6 is 0 Å². The summed E-state index contributed by atoms with van der Waals surface area (Å²) >= 11 is 0. The minimum atomic E-state index is -0.226. The highest BCUT2D eigenvalue weighted by atomic mass is 16.2. The molecule has 0 radical (unpaired) electrons. The van der Waals surface area contributed by atoms with E-state index in [2.05, 4.69) is 24.8 Å². The Morgan fingerprint density at radius 1 is 1.53 bits per heavy atom. The van der Waals surface area contributed by atoms with Crippen molar-refractivity contribution in [3.63, 3.8) is 0 Å². The second kappa shape index (κ2) is 5.13. The van der Waals surface area contributed by atoms with Crippen LogP contribution in [-0.2, 0) is 4.79 Å². The van der Waals surface area contributed by atoms with E-state index in [1.807, 2.05) is 0 Å². The van der Waals surface area contributed by atoms with Crippen molar-refractivity contribution in [3.05, 3.63) is 0 Å². The molecule has 0 aliphatic carbocycles. The number of amides is 1. The second-order valence-electron chi connectivity index (χ2n) is 4.53.